The lowest BCUT2D eigenvalue weighted by Crippen LogP contribution is -2.31. The average Bonchev–Trinajstić information content (AvgIpc) is 2.86. The predicted octanol–water partition coefficient (Wildman–Crippen LogP) is 3.36. The van der Waals surface area contributed by atoms with Gasteiger partial charge in [0.2, 0.25) is 0 Å². The van der Waals surface area contributed by atoms with Gasteiger partial charge in [-0.3, -0.25) is 9.48 Å². The van der Waals surface area contributed by atoms with Crippen LogP contribution in [0, 0.1) is 0 Å². The number of aryl methyl sites for hydroxylation is 1. The van der Waals surface area contributed by atoms with Gasteiger partial charge in [0.15, 0.2) is 5.78 Å². The molecule has 1 atom stereocenters. The largest absolute Gasteiger partial charge is 0.290 e. The summed E-state index contributed by atoms with van der Waals surface area (Å²) in [4.78, 5) is 11.7. The van der Waals surface area contributed by atoms with Crippen molar-refractivity contribution in [3.05, 3.63) is 65.4 Å². The summed E-state index contributed by atoms with van der Waals surface area (Å²) < 4.78 is 1.98. The Morgan fingerprint density at radius 2 is 1.95 bits per heavy atom. The number of carbonyl (C=O) groups excluding carboxylic acids is 1. The molecular weight excluding hydrogens is 272 g/mol. The van der Waals surface area contributed by atoms with E-state index in [1.54, 1.807) is 12.2 Å². The number of aromatic nitrogens is 2. The van der Waals surface area contributed by atoms with Crippen molar-refractivity contribution in [2.24, 2.45) is 7.05 Å². The fourth-order valence-electron chi connectivity index (χ4n) is 3.73. The van der Waals surface area contributed by atoms with Gasteiger partial charge in [-0.25, -0.2) is 0 Å². The molecule has 0 radical (unpaired) electrons. The highest BCUT2D eigenvalue weighted by molar-refractivity contribution is 6.01. The maximum Gasteiger partial charge on any atom is 0.178 e. The van der Waals surface area contributed by atoms with E-state index in [4.69, 9.17) is 5.10 Å². The number of benzene rings is 1. The molecule has 2 aliphatic carbocycles. The molecule has 0 aliphatic heterocycles. The summed E-state index contributed by atoms with van der Waals surface area (Å²) in [6, 6.07) is 10.4. The summed E-state index contributed by atoms with van der Waals surface area (Å²) in [6.07, 6.45) is 7.35. The van der Waals surface area contributed by atoms with Crippen LogP contribution in [-0.2, 0) is 23.7 Å². The molecular formula is C19H18N2O. The monoisotopic (exact) mass is 290 g/mol. The van der Waals surface area contributed by atoms with Gasteiger partial charge in [-0.1, -0.05) is 42.0 Å². The molecule has 22 heavy (non-hydrogen) atoms. The van der Waals surface area contributed by atoms with Gasteiger partial charge in [-0.05, 0) is 31.9 Å². The highest BCUT2D eigenvalue weighted by atomic mass is 16.1. The Bertz CT molecular complexity index is 827. The maximum absolute atomic E-state index is 11.7. The van der Waals surface area contributed by atoms with Crippen molar-refractivity contribution in [3.63, 3.8) is 0 Å². The van der Waals surface area contributed by atoms with Crippen molar-refractivity contribution in [1.82, 2.24) is 9.78 Å². The van der Waals surface area contributed by atoms with E-state index >= 15 is 0 Å². The molecule has 0 bridgehead atoms. The smallest absolute Gasteiger partial charge is 0.178 e. The van der Waals surface area contributed by atoms with Crippen LogP contribution in [0.25, 0.3) is 11.3 Å². The van der Waals surface area contributed by atoms with Crippen LogP contribution in [0.5, 0.6) is 0 Å². The van der Waals surface area contributed by atoms with E-state index < -0.39 is 0 Å². The zero-order chi connectivity index (χ0) is 15.3. The normalized spacial score (nSPS) is 23.0. The molecule has 0 N–H and O–H groups in total. The molecule has 1 heterocycles. The van der Waals surface area contributed by atoms with Gasteiger partial charge in [-0.15, -0.1) is 0 Å². The Hall–Kier alpha value is -2.42. The maximum atomic E-state index is 11.7. The van der Waals surface area contributed by atoms with Crippen LogP contribution in [0.1, 0.15) is 24.6 Å². The molecule has 110 valence electrons. The van der Waals surface area contributed by atoms with E-state index in [1.807, 2.05) is 23.9 Å². The highest BCUT2D eigenvalue weighted by Gasteiger charge is 2.40. The van der Waals surface area contributed by atoms with Crippen LogP contribution in [-0.4, -0.2) is 15.6 Å². The first-order valence-corrected chi connectivity index (χ1v) is 7.65. The van der Waals surface area contributed by atoms with Gasteiger partial charge < -0.3 is 0 Å². The number of carbonyl (C=O) groups is 1. The van der Waals surface area contributed by atoms with Crippen LogP contribution in [0.4, 0.5) is 0 Å². The summed E-state index contributed by atoms with van der Waals surface area (Å²) >= 11 is 0. The fraction of sp³-hybridized carbons (Fsp3) is 0.263. The molecule has 1 aromatic carbocycles. The second-order valence-corrected chi connectivity index (χ2v) is 6.27. The number of fused-ring (bicyclic) bond motifs is 3. The fourth-order valence-corrected chi connectivity index (χ4v) is 3.73. The van der Waals surface area contributed by atoms with Gasteiger partial charge in [0.1, 0.15) is 0 Å². The minimum Gasteiger partial charge on any atom is -0.290 e. The molecule has 2 aromatic rings. The molecule has 0 saturated heterocycles. The topological polar surface area (TPSA) is 34.9 Å². The number of hydrogen-bond acceptors (Lipinski definition) is 2. The Balaban J connectivity index is 1.93. The lowest BCUT2D eigenvalue weighted by atomic mass is 9.68. The number of rotatable bonds is 1. The standard InChI is InChI=1S/C19H18N2O/c1-19-11-10-15(22)12-14(19)8-9-16-17(21(2)20-18(16)19)13-6-4-3-5-7-13/h3-7,10-12H,8-9H2,1-2H3/t19-/m0/s1. The Labute approximate surface area is 130 Å². The Morgan fingerprint density at radius 3 is 2.73 bits per heavy atom. The number of ketones is 1. The molecule has 0 unspecified atom stereocenters. The quantitative estimate of drug-likeness (QED) is 0.807. The molecule has 0 amide bonds. The third-order valence-corrected chi connectivity index (χ3v) is 4.89. The Morgan fingerprint density at radius 1 is 1.18 bits per heavy atom. The van der Waals surface area contributed by atoms with Crippen molar-refractivity contribution in [2.75, 3.05) is 0 Å². The van der Waals surface area contributed by atoms with E-state index in [1.165, 1.54) is 22.4 Å². The second kappa shape index (κ2) is 4.54. The van der Waals surface area contributed by atoms with Crippen LogP contribution in [0.3, 0.4) is 0 Å². The van der Waals surface area contributed by atoms with Crippen LogP contribution in [0.15, 0.2) is 54.1 Å². The number of hydrogen-bond donors (Lipinski definition) is 0. The zero-order valence-corrected chi connectivity index (χ0v) is 12.8. The summed E-state index contributed by atoms with van der Waals surface area (Å²) in [5, 5.41) is 4.82. The van der Waals surface area contributed by atoms with Crippen molar-refractivity contribution >= 4 is 5.78 Å². The van der Waals surface area contributed by atoms with Crippen molar-refractivity contribution in [2.45, 2.75) is 25.2 Å². The van der Waals surface area contributed by atoms with Crippen molar-refractivity contribution < 1.29 is 4.79 Å². The molecule has 0 spiro atoms. The SMILES string of the molecule is Cn1nc2c(c1-c1ccccc1)CCC1=CC(=O)C=C[C@@]12C. The summed E-state index contributed by atoms with van der Waals surface area (Å²) in [5.41, 5.74) is 5.74. The minimum atomic E-state index is -0.244. The van der Waals surface area contributed by atoms with Crippen LogP contribution < -0.4 is 0 Å². The van der Waals surface area contributed by atoms with Crippen LogP contribution in [0.2, 0.25) is 0 Å². The molecule has 0 saturated carbocycles. The zero-order valence-electron chi connectivity index (χ0n) is 12.8. The summed E-state index contributed by atoms with van der Waals surface area (Å²) in [6.45, 7) is 2.17. The third-order valence-electron chi connectivity index (χ3n) is 4.89. The predicted molar refractivity (Wildman–Crippen MR) is 86.5 cm³/mol. The minimum absolute atomic E-state index is 0.0927. The van der Waals surface area contributed by atoms with Crippen LogP contribution >= 0.6 is 0 Å². The van der Waals surface area contributed by atoms with Gasteiger partial charge in [0.05, 0.1) is 16.8 Å². The molecule has 4 rings (SSSR count). The third kappa shape index (κ3) is 1.75. The average molecular weight is 290 g/mol. The van der Waals surface area contributed by atoms with Gasteiger partial charge in [0, 0.05) is 18.2 Å². The first-order valence-electron chi connectivity index (χ1n) is 7.65. The summed E-state index contributed by atoms with van der Waals surface area (Å²) in [7, 11) is 2.01. The highest BCUT2D eigenvalue weighted by Crippen LogP contribution is 2.45. The first kappa shape index (κ1) is 13.3. The Kier molecular flexibility index (Phi) is 2.73. The van der Waals surface area contributed by atoms with Crippen molar-refractivity contribution in [3.8, 4) is 11.3 Å². The van der Waals surface area contributed by atoms with E-state index in [0.29, 0.717) is 0 Å². The number of nitrogens with zero attached hydrogens (tertiary/aromatic N) is 2. The molecule has 3 heteroatoms. The van der Waals surface area contributed by atoms with Gasteiger partial charge in [-0.2, -0.15) is 5.10 Å². The summed E-state index contributed by atoms with van der Waals surface area (Å²) in [5.74, 6) is 0.0927. The lowest BCUT2D eigenvalue weighted by Gasteiger charge is -2.34. The van der Waals surface area contributed by atoms with Gasteiger partial charge >= 0.3 is 0 Å². The van der Waals surface area contributed by atoms with Crippen molar-refractivity contribution in [1.29, 1.82) is 0 Å². The van der Waals surface area contributed by atoms with Gasteiger partial charge in [0.25, 0.3) is 0 Å². The van der Waals surface area contributed by atoms with E-state index in [0.717, 1.165) is 18.5 Å². The molecule has 2 aliphatic rings. The molecule has 1 aromatic heterocycles. The molecule has 0 fully saturated rings. The van der Waals surface area contributed by atoms with E-state index in [-0.39, 0.29) is 11.2 Å². The second-order valence-electron chi connectivity index (χ2n) is 6.27. The number of allylic oxidation sites excluding steroid dienone is 4. The first-order chi connectivity index (χ1) is 10.6. The lowest BCUT2D eigenvalue weighted by molar-refractivity contribution is -0.110. The van der Waals surface area contributed by atoms with E-state index in [9.17, 15) is 4.79 Å². The van der Waals surface area contributed by atoms with E-state index in [2.05, 4.69) is 31.2 Å². The molecule has 3 nitrogen and oxygen atoms in total.